The van der Waals surface area contributed by atoms with E-state index in [2.05, 4.69) is 0 Å². The molecule has 0 bridgehead atoms. The average molecular weight is 401 g/mol. The molecule has 8 heteroatoms. The quantitative estimate of drug-likeness (QED) is 0.410. The number of Topliss-reactive ketones (excluding diaryl/α,β-unsaturated/α-hetero) is 3. The molecule has 0 aliphatic heterocycles. The number of hydrogen-bond acceptors (Lipinski definition) is 7. The van der Waals surface area contributed by atoms with Crippen molar-refractivity contribution in [2.24, 2.45) is 23.5 Å². The van der Waals surface area contributed by atoms with Gasteiger partial charge >= 0.3 is 0 Å². The van der Waals surface area contributed by atoms with Crippen LogP contribution in [0.3, 0.4) is 0 Å². The monoisotopic (exact) mass is 401 g/mol. The third kappa shape index (κ3) is 3.55. The van der Waals surface area contributed by atoms with Gasteiger partial charge in [-0.1, -0.05) is 6.07 Å². The molecule has 3 atom stereocenters. The van der Waals surface area contributed by atoms with Gasteiger partial charge in [-0.3, -0.25) is 19.2 Å². The largest absolute Gasteiger partial charge is 0.507 e. The highest BCUT2D eigenvalue weighted by Gasteiger charge is 2.47. The minimum Gasteiger partial charge on any atom is -0.507 e. The van der Waals surface area contributed by atoms with Crippen LogP contribution in [0.5, 0.6) is 5.75 Å². The van der Waals surface area contributed by atoms with Crippen LogP contribution in [0.2, 0.25) is 0 Å². The van der Waals surface area contributed by atoms with Crippen LogP contribution in [-0.4, -0.2) is 45.2 Å². The second-order valence-electron chi connectivity index (χ2n) is 7.67. The van der Waals surface area contributed by atoms with Gasteiger partial charge in [0.05, 0.1) is 23.5 Å². The Morgan fingerprint density at radius 3 is 2.48 bits per heavy atom. The smallest absolute Gasteiger partial charge is 0.224 e. The zero-order valence-corrected chi connectivity index (χ0v) is 16.0. The summed E-state index contributed by atoms with van der Waals surface area (Å²) < 4.78 is 0. The first kappa shape index (κ1) is 20.7. The summed E-state index contributed by atoms with van der Waals surface area (Å²) in [5.74, 6) is -5.43. The molecule has 2 aliphatic carbocycles. The Balaban J connectivity index is 2.11. The second-order valence-corrected chi connectivity index (χ2v) is 7.67. The first-order chi connectivity index (χ1) is 13.7. The Morgan fingerprint density at radius 2 is 1.90 bits per heavy atom. The standard InChI is InChI=1S/C21H23NO7/c1-9(24)13-3-2-10-6-12-7-11(4-5-23)16(14(25)8-15(22)26)20(28)18(12)21(29)17(10)19(13)27/h2-3,11-12,16,23,27,29H,4-8H2,1H3,(H2,22,26). The van der Waals surface area contributed by atoms with E-state index in [1.54, 1.807) is 6.07 Å². The lowest BCUT2D eigenvalue weighted by Crippen LogP contribution is -2.43. The van der Waals surface area contributed by atoms with Crippen LogP contribution in [-0.2, 0) is 20.8 Å². The maximum atomic E-state index is 13.2. The van der Waals surface area contributed by atoms with Gasteiger partial charge < -0.3 is 21.1 Å². The van der Waals surface area contributed by atoms with Crippen LogP contribution in [0.4, 0.5) is 0 Å². The van der Waals surface area contributed by atoms with Gasteiger partial charge in [-0.05, 0) is 49.7 Å². The van der Waals surface area contributed by atoms with Crippen molar-refractivity contribution in [1.82, 2.24) is 0 Å². The normalized spacial score (nSPS) is 23.4. The lowest BCUT2D eigenvalue weighted by molar-refractivity contribution is -0.137. The summed E-state index contributed by atoms with van der Waals surface area (Å²) in [5.41, 5.74) is 5.77. The average Bonchev–Trinajstić information content (AvgIpc) is 2.60. The number of allylic oxidation sites excluding steroid dienone is 1. The number of amides is 1. The van der Waals surface area contributed by atoms with E-state index in [-0.39, 0.29) is 29.7 Å². The van der Waals surface area contributed by atoms with E-state index in [1.165, 1.54) is 13.0 Å². The Labute approximate surface area is 167 Å². The van der Waals surface area contributed by atoms with Gasteiger partial charge in [0.15, 0.2) is 17.3 Å². The first-order valence-corrected chi connectivity index (χ1v) is 9.42. The van der Waals surface area contributed by atoms with Gasteiger partial charge in [-0.25, -0.2) is 0 Å². The van der Waals surface area contributed by atoms with E-state index in [1.807, 2.05) is 0 Å². The summed E-state index contributed by atoms with van der Waals surface area (Å²) in [6.45, 7) is 1.05. The molecule has 1 saturated carbocycles. The maximum Gasteiger partial charge on any atom is 0.224 e. The minimum absolute atomic E-state index is 0.0190. The minimum atomic E-state index is -1.19. The van der Waals surface area contributed by atoms with Crippen molar-refractivity contribution in [2.75, 3.05) is 6.61 Å². The van der Waals surface area contributed by atoms with Gasteiger partial charge in [0.25, 0.3) is 0 Å². The van der Waals surface area contributed by atoms with Crippen molar-refractivity contribution in [3.05, 3.63) is 34.4 Å². The van der Waals surface area contributed by atoms with Gasteiger partial charge in [-0.2, -0.15) is 0 Å². The van der Waals surface area contributed by atoms with E-state index < -0.39 is 58.9 Å². The Morgan fingerprint density at radius 1 is 1.21 bits per heavy atom. The number of fused-ring (bicyclic) bond motifs is 2. The summed E-state index contributed by atoms with van der Waals surface area (Å²) in [5, 5.41) is 30.7. The Kier molecular flexibility index (Phi) is 5.57. The van der Waals surface area contributed by atoms with Crippen molar-refractivity contribution in [3.63, 3.8) is 0 Å². The fourth-order valence-electron chi connectivity index (χ4n) is 4.59. The molecule has 1 aromatic carbocycles. The molecule has 0 saturated heterocycles. The molecule has 8 nitrogen and oxygen atoms in total. The van der Waals surface area contributed by atoms with E-state index in [9.17, 15) is 34.5 Å². The number of ketones is 3. The van der Waals surface area contributed by atoms with Crippen LogP contribution in [0.15, 0.2) is 17.7 Å². The van der Waals surface area contributed by atoms with Crippen LogP contribution in [0.25, 0.3) is 5.76 Å². The number of phenolic OH excluding ortho intramolecular Hbond substituents is 1. The van der Waals surface area contributed by atoms with Gasteiger partial charge in [0.1, 0.15) is 11.5 Å². The SMILES string of the molecule is CC(=O)c1ccc2c(c1O)C(O)=C1C(=O)C(C(=O)CC(N)=O)C(CCO)CC1C2. The predicted octanol–water partition coefficient (Wildman–Crippen LogP) is 1.07. The number of carbonyl (C=O) groups excluding carboxylic acids is 4. The van der Waals surface area contributed by atoms with Crippen LogP contribution in [0.1, 0.15) is 47.7 Å². The second kappa shape index (κ2) is 7.79. The zero-order chi connectivity index (χ0) is 21.5. The van der Waals surface area contributed by atoms with E-state index in [0.717, 1.165) is 0 Å². The zero-order valence-electron chi connectivity index (χ0n) is 16.0. The van der Waals surface area contributed by atoms with E-state index >= 15 is 0 Å². The van der Waals surface area contributed by atoms with Crippen molar-refractivity contribution in [1.29, 1.82) is 0 Å². The summed E-state index contributed by atoms with van der Waals surface area (Å²) in [6, 6.07) is 3.11. The summed E-state index contributed by atoms with van der Waals surface area (Å²) in [4.78, 5) is 48.7. The highest BCUT2D eigenvalue weighted by molar-refractivity contribution is 6.17. The molecular weight excluding hydrogens is 378 g/mol. The number of hydrogen-bond donors (Lipinski definition) is 4. The third-order valence-corrected chi connectivity index (χ3v) is 5.81. The molecule has 0 heterocycles. The van der Waals surface area contributed by atoms with Crippen molar-refractivity contribution in [2.45, 2.75) is 32.6 Å². The molecule has 0 aromatic heterocycles. The number of carbonyl (C=O) groups is 4. The topological polar surface area (TPSA) is 155 Å². The molecule has 1 fully saturated rings. The molecule has 1 amide bonds. The molecule has 29 heavy (non-hydrogen) atoms. The fourth-order valence-corrected chi connectivity index (χ4v) is 4.59. The summed E-state index contributed by atoms with van der Waals surface area (Å²) in [7, 11) is 0. The highest BCUT2D eigenvalue weighted by Crippen LogP contribution is 2.47. The molecule has 5 N–H and O–H groups in total. The van der Waals surface area contributed by atoms with E-state index in [0.29, 0.717) is 18.4 Å². The number of benzene rings is 1. The molecular formula is C21H23NO7. The first-order valence-electron chi connectivity index (χ1n) is 9.42. The Bertz CT molecular complexity index is 947. The molecule has 3 unspecified atom stereocenters. The molecule has 2 aliphatic rings. The van der Waals surface area contributed by atoms with Crippen LogP contribution >= 0.6 is 0 Å². The number of phenols is 1. The number of rotatable bonds is 6. The predicted molar refractivity (Wildman–Crippen MR) is 102 cm³/mol. The van der Waals surface area contributed by atoms with Crippen LogP contribution in [0, 0.1) is 17.8 Å². The lowest BCUT2D eigenvalue weighted by Gasteiger charge is -2.39. The number of aliphatic hydroxyl groups is 2. The lowest BCUT2D eigenvalue weighted by atomic mass is 9.63. The highest BCUT2D eigenvalue weighted by atomic mass is 16.3. The van der Waals surface area contributed by atoms with Crippen molar-refractivity contribution < 1.29 is 34.5 Å². The number of aliphatic hydroxyl groups excluding tert-OH is 2. The molecule has 1 aromatic rings. The Hall–Kier alpha value is -3.00. The van der Waals surface area contributed by atoms with Gasteiger partial charge in [0.2, 0.25) is 5.91 Å². The number of nitrogens with two attached hydrogens (primary N) is 1. The van der Waals surface area contributed by atoms with E-state index in [4.69, 9.17) is 5.73 Å². The maximum absolute atomic E-state index is 13.2. The number of primary amides is 1. The van der Waals surface area contributed by atoms with Crippen molar-refractivity contribution in [3.8, 4) is 5.75 Å². The molecule has 3 rings (SSSR count). The number of aromatic hydroxyl groups is 1. The third-order valence-electron chi connectivity index (χ3n) is 5.81. The van der Waals surface area contributed by atoms with Crippen molar-refractivity contribution >= 4 is 29.0 Å². The van der Waals surface area contributed by atoms with Gasteiger partial charge in [-0.15, -0.1) is 0 Å². The fraction of sp³-hybridized carbons (Fsp3) is 0.429. The van der Waals surface area contributed by atoms with Crippen LogP contribution < -0.4 is 5.73 Å². The summed E-state index contributed by atoms with van der Waals surface area (Å²) >= 11 is 0. The summed E-state index contributed by atoms with van der Waals surface area (Å²) in [6.07, 6.45) is 0.292. The molecule has 154 valence electrons. The molecule has 0 radical (unpaired) electrons. The van der Waals surface area contributed by atoms with Gasteiger partial charge in [0, 0.05) is 12.2 Å². The molecule has 0 spiro atoms.